The number of hydrogen-bond acceptors (Lipinski definition) is 6. The highest BCUT2D eigenvalue weighted by molar-refractivity contribution is 5.96. The van der Waals surface area contributed by atoms with Gasteiger partial charge in [0.15, 0.2) is 0 Å². The van der Waals surface area contributed by atoms with Gasteiger partial charge in [0.25, 0.3) is 0 Å². The zero-order valence-electron chi connectivity index (χ0n) is 37.3. The zero-order chi connectivity index (χ0) is 42.8. The van der Waals surface area contributed by atoms with Crippen molar-refractivity contribution in [2.45, 2.75) is 144 Å². The third-order valence-electron chi connectivity index (χ3n) is 12.7. The number of piperidine rings is 1. The van der Waals surface area contributed by atoms with E-state index in [-0.39, 0.29) is 58.3 Å². The van der Waals surface area contributed by atoms with E-state index in [2.05, 4.69) is 146 Å². The summed E-state index contributed by atoms with van der Waals surface area (Å²) in [4.78, 5) is 44.4. The molecule has 1 saturated carbocycles. The second kappa shape index (κ2) is 20.7. The second-order valence-corrected chi connectivity index (χ2v) is 18.9. The minimum absolute atomic E-state index is 0.0113. The van der Waals surface area contributed by atoms with Crippen LogP contribution in [0.15, 0.2) is 85.3 Å². The van der Waals surface area contributed by atoms with Crippen molar-refractivity contribution >= 4 is 17.7 Å². The number of amides is 3. The first-order valence-corrected chi connectivity index (χ1v) is 21.5. The van der Waals surface area contributed by atoms with Gasteiger partial charge < -0.3 is 31.5 Å². The smallest absolute Gasteiger partial charge is 0.248 e. The third-order valence-corrected chi connectivity index (χ3v) is 12.7. The van der Waals surface area contributed by atoms with Crippen LogP contribution in [0.25, 0.3) is 0 Å². The van der Waals surface area contributed by atoms with Crippen molar-refractivity contribution in [1.29, 1.82) is 0 Å². The quantitative estimate of drug-likeness (QED) is 0.0635. The maximum atomic E-state index is 15.1. The number of carbonyl (C=O) groups excluding carboxylic acids is 3. The molecule has 0 bridgehead atoms. The lowest BCUT2D eigenvalue weighted by Gasteiger charge is -2.38. The molecule has 3 amide bonds. The Morgan fingerprint density at radius 1 is 0.947 bits per heavy atom. The predicted molar refractivity (Wildman–Crippen MR) is 238 cm³/mol. The van der Waals surface area contributed by atoms with Crippen LogP contribution in [0.5, 0.6) is 0 Å². The molecule has 0 aromatic carbocycles. The van der Waals surface area contributed by atoms with E-state index < -0.39 is 18.1 Å². The predicted octanol–water partition coefficient (Wildman–Crippen LogP) is 7.88. The summed E-state index contributed by atoms with van der Waals surface area (Å²) in [6.45, 7) is 42.2. The topological polar surface area (TPSA) is 115 Å². The lowest BCUT2D eigenvalue weighted by Crippen LogP contribution is -2.58. The molecule has 0 aromatic rings. The van der Waals surface area contributed by atoms with Gasteiger partial charge in [0, 0.05) is 37.3 Å². The van der Waals surface area contributed by atoms with E-state index in [1.807, 2.05) is 11.8 Å². The fourth-order valence-electron chi connectivity index (χ4n) is 8.87. The summed E-state index contributed by atoms with van der Waals surface area (Å²) in [5.74, 6) is 0.555. The van der Waals surface area contributed by atoms with Gasteiger partial charge in [0.1, 0.15) is 12.1 Å². The third kappa shape index (κ3) is 12.3. The number of likely N-dealkylation sites (N-methyl/N-ethyl adjacent to an activating group) is 1. The molecule has 7 atom stereocenters. The highest BCUT2D eigenvalue weighted by Crippen LogP contribution is 2.65. The van der Waals surface area contributed by atoms with Gasteiger partial charge in [0.05, 0.1) is 11.9 Å². The molecule has 4 aliphatic rings. The summed E-state index contributed by atoms with van der Waals surface area (Å²) in [6.07, 6.45) is 14.6. The van der Waals surface area contributed by atoms with Crippen LogP contribution in [0.1, 0.15) is 114 Å². The summed E-state index contributed by atoms with van der Waals surface area (Å²) in [5, 5.41) is 16.9. The van der Waals surface area contributed by atoms with Crippen LogP contribution in [-0.2, 0) is 14.4 Å². The molecule has 5 unspecified atom stereocenters. The van der Waals surface area contributed by atoms with Crippen molar-refractivity contribution in [2.24, 2.45) is 34.5 Å². The summed E-state index contributed by atoms with van der Waals surface area (Å²) in [7, 11) is 0. The Kier molecular flexibility index (Phi) is 17.3. The number of fused-ring (bicyclic) bond motifs is 1. The number of hydrogen-bond donors (Lipinski definition) is 5. The number of nitrogens with one attached hydrogen (secondary N) is 5. The maximum absolute atomic E-state index is 15.1. The Hall–Kier alpha value is -3.85. The Bertz CT molecular complexity index is 1540. The molecular formula is C48H78N6O3. The summed E-state index contributed by atoms with van der Waals surface area (Å²) in [5.41, 5.74) is 3.92. The van der Waals surface area contributed by atoms with Gasteiger partial charge in [-0.05, 0) is 104 Å². The van der Waals surface area contributed by atoms with E-state index in [9.17, 15) is 9.59 Å². The normalized spacial score (nSPS) is 22.9. The van der Waals surface area contributed by atoms with Crippen LogP contribution in [0.3, 0.4) is 0 Å². The molecular weight excluding hydrogens is 709 g/mol. The fourth-order valence-corrected chi connectivity index (χ4v) is 8.87. The Labute approximate surface area is 346 Å². The van der Waals surface area contributed by atoms with Crippen LogP contribution < -0.4 is 26.6 Å². The first-order chi connectivity index (χ1) is 26.8. The molecule has 9 heteroatoms. The Balaban J connectivity index is 0.00000428. The van der Waals surface area contributed by atoms with Gasteiger partial charge in [-0.25, -0.2) is 0 Å². The maximum Gasteiger partial charge on any atom is 0.248 e. The van der Waals surface area contributed by atoms with E-state index in [4.69, 9.17) is 0 Å². The van der Waals surface area contributed by atoms with Crippen molar-refractivity contribution < 1.29 is 14.4 Å². The van der Waals surface area contributed by atoms with Crippen molar-refractivity contribution in [2.75, 3.05) is 19.6 Å². The van der Waals surface area contributed by atoms with Crippen LogP contribution in [-0.4, -0.2) is 72.5 Å². The highest BCUT2D eigenvalue weighted by Gasteiger charge is 2.69. The second-order valence-electron chi connectivity index (χ2n) is 18.9. The van der Waals surface area contributed by atoms with Crippen LogP contribution in [0.2, 0.25) is 0 Å². The molecule has 0 aromatic heterocycles. The summed E-state index contributed by atoms with van der Waals surface area (Å²) < 4.78 is 0. The van der Waals surface area contributed by atoms with E-state index in [1.165, 1.54) is 16.7 Å². The Morgan fingerprint density at radius 3 is 2.11 bits per heavy atom. The molecule has 1 heterocycles. The van der Waals surface area contributed by atoms with Gasteiger partial charge in [-0.2, -0.15) is 0 Å². The van der Waals surface area contributed by atoms with Crippen LogP contribution in [0.4, 0.5) is 0 Å². The summed E-state index contributed by atoms with van der Waals surface area (Å²) in [6, 6.07) is -1.22. The molecule has 318 valence electrons. The molecule has 3 aliphatic carbocycles. The number of likely N-dealkylation sites (tertiary alicyclic amines) is 1. The number of allylic oxidation sites excluding steroid dienone is 6. The number of rotatable bonds is 20. The van der Waals surface area contributed by atoms with E-state index in [1.54, 1.807) is 0 Å². The van der Waals surface area contributed by atoms with Gasteiger partial charge in [0.2, 0.25) is 17.7 Å². The molecule has 0 spiro atoms. The summed E-state index contributed by atoms with van der Waals surface area (Å²) >= 11 is 0. The largest absolute Gasteiger partial charge is 0.369 e. The molecule has 4 rings (SSSR count). The standard InChI is InChI=1S/C46H74N6O3.C2H4/c1-14-30(6)48-26-29(5)21-22-38(45(9,10)11)49-32(8)50-40(35-24-33-19-17-16-18-20-34(33)25-35)44(55)52-27-36-39(46(36,12)13)41(52)43(54)51-37(23-28(3)4)31(7)42(53)47-15-2;1-2/h17-20,28,30,35-41,48-50H,5,7-8,14-16,21-27H2,1-4,6,9-13H3,(H,47,53)(H,51,54);1-2H2/t30?,36-,37?,38?,39-,40?,41?;/m0./s1. The van der Waals surface area contributed by atoms with Gasteiger partial charge >= 0.3 is 0 Å². The minimum atomic E-state index is -0.640. The fraction of sp³-hybridized carbons (Fsp3) is 0.646. The van der Waals surface area contributed by atoms with Gasteiger partial charge in [-0.1, -0.05) is 105 Å². The van der Waals surface area contributed by atoms with Crippen molar-refractivity contribution in [1.82, 2.24) is 31.5 Å². The van der Waals surface area contributed by atoms with Gasteiger partial charge in [-0.3, -0.25) is 14.4 Å². The zero-order valence-corrected chi connectivity index (χ0v) is 37.3. The number of carbonyl (C=O) groups is 3. The molecule has 5 N–H and O–H groups in total. The van der Waals surface area contributed by atoms with Crippen LogP contribution in [0, 0.1) is 34.5 Å². The average molecular weight is 787 g/mol. The molecule has 1 saturated heterocycles. The average Bonchev–Trinajstić information content (AvgIpc) is 3.40. The van der Waals surface area contributed by atoms with Crippen molar-refractivity contribution in [3.8, 4) is 0 Å². The lowest BCUT2D eigenvalue weighted by molar-refractivity contribution is -0.143. The van der Waals surface area contributed by atoms with E-state index >= 15 is 4.79 Å². The molecule has 2 fully saturated rings. The van der Waals surface area contributed by atoms with Gasteiger partial charge in [-0.15, -0.1) is 13.2 Å². The van der Waals surface area contributed by atoms with Crippen molar-refractivity contribution in [3.63, 3.8) is 0 Å². The minimum Gasteiger partial charge on any atom is -0.369 e. The van der Waals surface area contributed by atoms with E-state index in [0.29, 0.717) is 36.9 Å². The SMILES string of the molecule is C=C.C=C(CCC(NC(=C)NC(C(=O)N1C[C@H]2[C@@H](C1C(=O)NC(CC(C)C)C(=C)C(=O)NCC)C2(C)C)C1CC2=C(C=CCC=C2)C1)C(C)(C)C)CNC(C)CC. The molecule has 9 nitrogen and oxygen atoms in total. The number of nitrogens with zero attached hydrogens (tertiary/aromatic N) is 1. The monoisotopic (exact) mass is 787 g/mol. The highest BCUT2D eigenvalue weighted by atomic mass is 16.2. The molecule has 0 radical (unpaired) electrons. The lowest BCUT2D eigenvalue weighted by atomic mass is 9.83. The van der Waals surface area contributed by atoms with Crippen LogP contribution >= 0.6 is 0 Å². The Morgan fingerprint density at radius 2 is 1.56 bits per heavy atom. The first-order valence-electron chi connectivity index (χ1n) is 21.5. The molecule has 1 aliphatic heterocycles. The van der Waals surface area contributed by atoms with Crippen molar-refractivity contribution in [3.05, 3.63) is 85.3 Å². The van der Waals surface area contributed by atoms with E-state index in [0.717, 1.165) is 45.1 Å². The molecule has 57 heavy (non-hydrogen) atoms. The first kappa shape index (κ1) is 47.5.